The molecule has 1 spiro atoms. The number of amides is 1. The third kappa shape index (κ3) is 4.24. The molecule has 2 aromatic rings. The fourth-order valence-corrected chi connectivity index (χ4v) is 5.47. The van der Waals surface area contributed by atoms with Gasteiger partial charge in [0.15, 0.2) is 0 Å². The molecular weight excluding hydrogens is 416 g/mol. The molecule has 1 amide bonds. The third-order valence-corrected chi connectivity index (χ3v) is 7.19. The standard InChI is InChI=1S/C27H32N2O4/c1-4-33-24-12-21(23(11-18(24)2)19-5-6-19)14-28-15-27(16-28)13-25(30)29(17-27)22-9-7-20(8-10-22)26(31)32-3/h7-12,19H,4-6,13-17H2,1-3H3. The van der Waals surface area contributed by atoms with Gasteiger partial charge in [-0.1, -0.05) is 6.07 Å². The molecule has 3 fully saturated rings. The molecule has 0 bridgehead atoms. The van der Waals surface area contributed by atoms with Crippen LogP contribution in [0.2, 0.25) is 0 Å². The zero-order valence-corrected chi connectivity index (χ0v) is 19.7. The quantitative estimate of drug-likeness (QED) is 0.591. The minimum atomic E-state index is -0.366. The fraction of sp³-hybridized carbons (Fsp3) is 0.481. The molecule has 0 N–H and O–H groups in total. The normalized spacial score (nSPS) is 19.6. The van der Waals surface area contributed by atoms with Crippen LogP contribution >= 0.6 is 0 Å². The number of anilines is 1. The number of benzene rings is 2. The lowest BCUT2D eigenvalue weighted by Gasteiger charge is -2.47. The maximum Gasteiger partial charge on any atom is 0.337 e. The summed E-state index contributed by atoms with van der Waals surface area (Å²) >= 11 is 0. The summed E-state index contributed by atoms with van der Waals surface area (Å²) in [6.07, 6.45) is 3.14. The molecule has 0 unspecified atom stereocenters. The molecule has 1 saturated carbocycles. The van der Waals surface area contributed by atoms with Gasteiger partial charge in [0.25, 0.3) is 0 Å². The fourth-order valence-electron chi connectivity index (χ4n) is 5.47. The zero-order valence-electron chi connectivity index (χ0n) is 19.7. The van der Waals surface area contributed by atoms with Crippen molar-refractivity contribution in [3.8, 4) is 5.75 Å². The van der Waals surface area contributed by atoms with Crippen LogP contribution in [0.4, 0.5) is 5.69 Å². The highest BCUT2D eigenvalue weighted by molar-refractivity contribution is 5.97. The van der Waals surface area contributed by atoms with E-state index in [1.165, 1.54) is 36.6 Å². The van der Waals surface area contributed by atoms with Gasteiger partial charge in [-0.05, 0) is 79.6 Å². The Hall–Kier alpha value is -2.86. The van der Waals surface area contributed by atoms with Crippen molar-refractivity contribution in [3.63, 3.8) is 0 Å². The number of esters is 1. The van der Waals surface area contributed by atoms with Crippen molar-refractivity contribution in [2.24, 2.45) is 5.41 Å². The van der Waals surface area contributed by atoms with Crippen molar-refractivity contribution in [1.29, 1.82) is 0 Å². The lowest BCUT2D eigenvalue weighted by Crippen LogP contribution is -2.56. The van der Waals surface area contributed by atoms with Crippen molar-refractivity contribution in [1.82, 2.24) is 4.90 Å². The maximum atomic E-state index is 12.8. The topological polar surface area (TPSA) is 59.1 Å². The monoisotopic (exact) mass is 448 g/mol. The van der Waals surface area contributed by atoms with E-state index in [0.717, 1.165) is 37.6 Å². The summed E-state index contributed by atoms with van der Waals surface area (Å²) in [5.74, 6) is 1.48. The lowest BCUT2D eigenvalue weighted by atomic mass is 9.78. The summed E-state index contributed by atoms with van der Waals surface area (Å²) in [6, 6.07) is 11.7. The number of carbonyl (C=O) groups is 2. The van der Waals surface area contributed by atoms with Gasteiger partial charge in [0, 0.05) is 43.7 Å². The maximum absolute atomic E-state index is 12.8. The third-order valence-electron chi connectivity index (χ3n) is 7.19. The van der Waals surface area contributed by atoms with Gasteiger partial charge in [-0.2, -0.15) is 0 Å². The van der Waals surface area contributed by atoms with Crippen LogP contribution in [0.25, 0.3) is 0 Å². The number of nitrogens with zero attached hydrogens (tertiary/aromatic N) is 2. The first-order valence-corrected chi connectivity index (χ1v) is 11.9. The molecule has 2 saturated heterocycles. The highest BCUT2D eigenvalue weighted by Crippen LogP contribution is 2.46. The van der Waals surface area contributed by atoms with Crippen molar-refractivity contribution in [3.05, 3.63) is 58.7 Å². The van der Waals surface area contributed by atoms with E-state index in [0.29, 0.717) is 24.5 Å². The highest BCUT2D eigenvalue weighted by Gasteiger charge is 2.51. The first-order valence-electron chi connectivity index (χ1n) is 11.9. The van der Waals surface area contributed by atoms with E-state index < -0.39 is 0 Å². The van der Waals surface area contributed by atoms with Gasteiger partial charge in [0.05, 0.1) is 19.3 Å². The number of ether oxygens (including phenoxy) is 2. The Balaban J connectivity index is 1.25. The lowest BCUT2D eigenvalue weighted by molar-refractivity contribution is -0.119. The van der Waals surface area contributed by atoms with Crippen LogP contribution in [0, 0.1) is 12.3 Å². The number of methoxy groups -OCH3 is 1. The molecule has 0 atom stereocenters. The Morgan fingerprint density at radius 3 is 2.48 bits per heavy atom. The van der Waals surface area contributed by atoms with Crippen LogP contribution < -0.4 is 9.64 Å². The molecule has 1 aliphatic carbocycles. The van der Waals surface area contributed by atoms with E-state index in [1.807, 2.05) is 24.0 Å². The van der Waals surface area contributed by atoms with Crippen LogP contribution in [0.5, 0.6) is 5.75 Å². The molecule has 2 aliphatic heterocycles. The van der Waals surface area contributed by atoms with E-state index in [1.54, 1.807) is 12.1 Å². The van der Waals surface area contributed by atoms with E-state index in [4.69, 9.17) is 9.47 Å². The van der Waals surface area contributed by atoms with E-state index >= 15 is 0 Å². The average Bonchev–Trinajstić information content (AvgIpc) is 3.57. The predicted octanol–water partition coefficient (Wildman–Crippen LogP) is 4.30. The Labute approximate surface area is 195 Å². The van der Waals surface area contributed by atoms with Gasteiger partial charge >= 0.3 is 5.97 Å². The number of carbonyl (C=O) groups excluding carboxylic acids is 2. The summed E-state index contributed by atoms with van der Waals surface area (Å²) in [6.45, 7) is 8.33. The summed E-state index contributed by atoms with van der Waals surface area (Å²) in [5.41, 5.74) is 5.43. The second kappa shape index (κ2) is 8.49. The molecule has 3 aliphatic rings. The first kappa shape index (κ1) is 22.0. The average molecular weight is 449 g/mol. The minimum absolute atomic E-state index is 0.0191. The summed E-state index contributed by atoms with van der Waals surface area (Å²) < 4.78 is 10.6. The molecule has 174 valence electrons. The van der Waals surface area contributed by atoms with Gasteiger partial charge in [0.2, 0.25) is 5.91 Å². The van der Waals surface area contributed by atoms with Crippen LogP contribution in [-0.4, -0.2) is 50.1 Å². The van der Waals surface area contributed by atoms with Gasteiger partial charge in [0.1, 0.15) is 5.75 Å². The number of hydrogen-bond acceptors (Lipinski definition) is 5. The van der Waals surface area contributed by atoms with Crippen molar-refractivity contribution in [2.45, 2.75) is 45.6 Å². The number of hydrogen-bond donors (Lipinski definition) is 0. The van der Waals surface area contributed by atoms with Crippen molar-refractivity contribution in [2.75, 3.05) is 38.3 Å². The van der Waals surface area contributed by atoms with Gasteiger partial charge < -0.3 is 14.4 Å². The molecule has 0 radical (unpaired) electrons. The first-order chi connectivity index (χ1) is 15.9. The van der Waals surface area contributed by atoms with Crippen LogP contribution in [0.1, 0.15) is 59.2 Å². The van der Waals surface area contributed by atoms with E-state index in [9.17, 15) is 9.59 Å². The van der Waals surface area contributed by atoms with Crippen LogP contribution in [0.3, 0.4) is 0 Å². The summed E-state index contributed by atoms with van der Waals surface area (Å²) in [7, 11) is 1.37. The molecule has 6 nitrogen and oxygen atoms in total. The number of rotatable bonds is 7. The Morgan fingerprint density at radius 2 is 1.85 bits per heavy atom. The van der Waals surface area contributed by atoms with Gasteiger partial charge in [-0.25, -0.2) is 4.79 Å². The molecule has 0 aromatic heterocycles. The predicted molar refractivity (Wildman–Crippen MR) is 127 cm³/mol. The van der Waals surface area contributed by atoms with E-state index in [2.05, 4.69) is 24.0 Å². The molecule has 6 heteroatoms. The largest absolute Gasteiger partial charge is 0.494 e. The number of likely N-dealkylation sites (tertiary alicyclic amines) is 1. The SMILES string of the molecule is CCOc1cc(CN2CC3(CC(=O)N(c4ccc(C(=O)OC)cc4)C3)C2)c(C2CC2)cc1C. The summed E-state index contributed by atoms with van der Waals surface area (Å²) in [5, 5.41) is 0. The smallest absolute Gasteiger partial charge is 0.337 e. The molecule has 33 heavy (non-hydrogen) atoms. The molecule has 5 rings (SSSR count). The van der Waals surface area contributed by atoms with E-state index in [-0.39, 0.29) is 17.3 Å². The Morgan fingerprint density at radius 1 is 1.12 bits per heavy atom. The minimum Gasteiger partial charge on any atom is -0.494 e. The highest BCUT2D eigenvalue weighted by atomic mass is 16.5. The molecular formula is C27H32N2O4. The Kier molecular flexibility index (Phi) is 5.65. The van der Waals surface area contributed by atoms with Crippen LogP contribution in [0.15, 0.2) is 36.4 Å². The van der Waals surface area contributed by atoms with Crippen molar-refractivity contribution >= 4 is 17.6 Å². The van der Waals surface area contributed by atoms with Gasteiger partial charge in [-0.3, -0.25) is 9.69 Å². The Bertz CT molecular complexity index is 1070. The molecule has 2 heterocycles. The second-order valence-electron chi connectivity index (χ2n) is 9.86. The second-order valence-corrected chi connectivity index (χ2v) is 9.86. The van der Waals surface area contributed by atoms with Crippen LogP contribution in [-0.2, 0) is 16.1 Å². The van der Waals surface area contributed by atoms with Crippen molar-refractivity contribution < 1.29 is 19.1 Å². The zero-order chi connectivity index (χ0) is 23.2. The van der Waals surface area contributed by atoms with Gasteiger partial charge in [-0.15, -0.1) is 0 Å². The molecule has 2 aromatic carbocycles. The summed E-state index contributed by atoms with van der Waals surface area (Å²) in [4.78, 5) is 28.8. The number of aryl methyl sites for hydroxylation is 1.